The van der Waals surface area contributed by atoms with Gasteiger partial charge in [-0.05, 0) is 91.0 Å². The number of carbonyl (C=O) groups is 4. The van der Waals surface area contributed by atoms with Gasteiger partial charge in [0.1, 0.15) is 5.01 Å². The van der Waals surface area contributed by atoms with E-state index in [1.807, 2.05) is 24.3 Å². The van der Waals surface area contributed by atoms with Gasteiger partial charge in [-0.3, -0.25) is 9.59 Å². The van der Waals surface area contributed by atoms with Crippen LogP contribution in [0.25, 0.3) is 20.8 Å². The quantitative estimate of drug-likeness (QED) is 0.231. The van der Waals surface area contributed by atoms with Crippen molar-refractivity contribution in [1.29, 1.82) is 0 Å². The lowest BCUT2D eigenvalue weighted by molar-refractivity contribution is 0.0592. The molecule has 0 spiro atoms. The Labute approximate surface area is 238 Å². The second-order valence-corrected chi connectivity index (χ2v) is 9.86. The Bertz CT molecular complexity index is 1760. The zero-order chi connectivity index (χ0) is 28.9. The van der Waals surface area contributed by atoms with Gasteiger partial charge in [0, 0.05) is 28.1 Å². The summed E-state index contributed by atoms with van der Waals surface area (Å²) in [6.45, 7) is 0. The van der Waals surface area contributed by atoms with Crippen molar-refractivity contribution < 1.29 is 28.7 Å². The maximum absolute atomic E-state index is 12.7. The molecule has 0 bridgehead atoms. The molecule has 1 aromatic heterocycles. The molecule has 0 aliphatic rings. The largest absolute Gasteiger partial charge is 0.465 e. The van der Waals surface area contributed by atoms with Crippen molar-refractivity contribution in [1.82, 2.24) is 4.98 Å². The van der Waals surface area contributed by atoms with Crippen LogP contribution in [0.2, 0.25) is 0 Å². The number of ether oxygens (including phenoxy) is 2. The minimum atomic E-state index is -0.466. The van der Waals surface area contributed by atoms with E-state index in [4.69, 9.17) is 4.98 Å². The predicted octanol–water partition coefficient (Wildman–Crippen LogP) is 6.04. The number of methoxy groups -OCH3 is 2. The molecular weight excluding hydrogens is 542 g/mol. The summed E-state index contributed by atoms with van der Waals surface area (Å²) in [5.74, 6) is -1.54. The lowest BCUT2D eigenvalue weighted by atomic mass is 10.1. The first-order chi connectivity index (χ1) is 19.8. The molecule has 0 atom stereocenters. The summed E-state index contributed by atoms with van der Waals surface area (Å²) in [5, 5.41) is 6.50. The number of esters is 2. The van der Waals surface area contributed by atoms with Crippen molar-refractivity contribution in [3.8, 4) is 10.6 Å². The normalized spacial score (nSPS) is 10.6. The molecule has 1 heterocycles. The van der Waals surface area contributed by atoms with Crippen molar-refractivity contribution in [2.24, 2.45) is 0 Å². The predicted molar refractivity (Wildman–Crippen MR) is 157 cm³/mol. The second kappa shape index (κ2) is 11.8. The van der Waals surface area contributed by atoms with Gasteiger partial charge in [0.2, 0.25) is 0 Å². The van der Waals surface area contributed by atoms with Gasteiger partial charge in [0.25, 0.3) is 11.8 Å². The monoisotopic (exact) mass is 565 g/mol. The third kappa shape index (κ3) is 6.13. The molecular formula is C31H23N3O6S. The summed E-state index contributed by atoms with van der Waals surface area (Å²) in [6, 6.07) is 25.2. The molecule has 10 heteroatoms. The van der Waals surface area contributed by atoms with E-state index in [9.17, 15) is 19.2 Å². The zero-order valence-corrected chi connectivity index (χ0v) is 22.8. The van der Waals surface area contributed by atoms with Crippen molar-refractivity contribution in [3.63, 3.8) is 0 Å². The van der Waals surface area contributed by atoms with Gasteiger partial charge in [-0.2, -0.15) is 0 Å². The summed E-state index contributed by atoms with van der Waals surface area (Å²) >= 11 is 1.48. The number of aromatic nitrogens is 1. The number of rotatable bonds is 7. The average Bonchev–Trinajstić information content (AvgIpc) is 3.44. The van der Waals surface area contributed by atoms with Crippen LogP contribution in [-0.4, -0.2) is 43.0 Å². The smallest absolute Gasteiger partial charge is 0.337 e. The molecule has 5 aromatic rings. The summed E-state index contributed by atoms with van der Waals surface area (Å²) in [7, 11) is 2.60. The maximum Gasteiger partial charge on any atom is 0.337 e. The van der Waals surface area contributed by atoms with Crippen LogP contribution in [0.15, 0.2) is 91.0 Å². The first-order valence-corrected chi connectivity index (χ1v) is 13.2. The van der Waals surface area contributed by atoms with Crippen LogP contribution in [0, 0.1) is 0 Å². The summed E-state index contributed by atoms with van der Waals surface area (Å²) in [4.78, 5) is 53.2. The number of thiazole rings is 1. The molecule has 0 radical (unpaired) electrons. The molecule has 0 fully saturated rings. The zero-order valence-electron chi connectivity index (χ0n) is 22.0. The van der Waals surface area contributed by atoms with Crippen LogP contribution in [0.3, 0.4) is 0 Å². The summed E-state index contributed by atoms with van der Waals surface area (Å²) in [5.41, 5.74) is 4.45. The first-order valence-electron chi connectivity index (χ1n) is 12.3. The SMILES string of the molecule is COC(=O)c1ccc(C(=O)Nc2ccc(-c3nc4ccc(NC(=O)c5ccc(C(=O)OC)cc5)cc4s3)cc2)cc1. The average molecular weight is 566 g/mol. The van der Waals surface area contributed by atoms with E-state index < -0.39 is 11.9 Å². The van der Waals surface area contributed by atoms with Crippen LogP contribution in [0.5, 0.6) is 0 Å². The van der Waals surface area contributed by atoms with Crippen LogP contribution in [-0.2, 0) is 9.47 Å². The highest BCUT2D eigenvalue weighted by molar-refractivity contribution is 7.21. The van der Waals surface area contributed by atoms with Crippen molar-refractivity contribution in [2.75, 3.05) is 24.9 Å². The Morgan fingerprint density at radius 3 is 1.59 bits per heavy atom. The first kappa shape index (κ1) is 27.2. The molecule has 9 nitrogen and oxygen atoms in total. The molecule has 0 aliphatic heterocycles. The van der Waals surface area contributed by atoms with Gasteiger partial charge in [0.15, 0.2) is 0 Å². The van der Waals surface area contributed by atoms with Gasteiger partial charge < -0.3 is 20.1 Å². The molecule has 0 unspecified atom stereocenters. The van der Waals surface area contributed by atoms with Crippen molar-refractivity contribution >= 4 is 56.7 Å². The number of anilines is 2. The highest BCUT2D eigenvalue weighted by atomic mass is 32.1. The number of hydrogen-bond acceptors (Lipinski definition) is 8. The number of carbonyl (C=O) groups excluding carboxylic acids is 4. The van der Waals surface area contributed by atoms with Crippen LogP contribution < -0.4 is 10.6 Å². The summed E-state index contributed by atoms with van der Waals surface area (Å²) in [6.07, 6.45) is 0. The van der Waals surface area contributed by atoms with Gasteiger partial charge in [-0.1, -0.05) is 0 Å². The molecule has 2 amide bonds. The fourth-order valence-corrected chi connectivity index (χ4v) is 4.99. The fraction of sp³-hybridized carbons (Fsp3) is 0.0645. The standard InChI is InChI=1S/C31H23N3O6S/c1-39-30(37)21-7-3-18(4-8-21)27(35)32-23-13-11-20(12-14-23)29-34-25-16-15-24(17-26(25)41-29)33-28(36)19-5-9-22(10-6-19)31(38)40-2/h3-17H,1-2H3,(H,32,35)(H,33,36). The molecule has 0 saturated carbocycles. The molecule has 4 aromatic carbocycles. The molecule has 204 valence electrons. The minimum absolute atomic E-state index is 0.303. The number of benzene rings is 4. The lowest BCUT2D eigenvalue weighted by Crippen LogP contribution is -2.12. The fourth-order valence-electron chi connectivity index (χ4n) is 3.98. The summed E-state index contributed by atoms with van der Waals surface area (Å²) < 4.78 is 10.3. The highest BCUT2D eigenvalue weighted by Gasteiger charge is 2.13. The van der Waals surface area contributed by atoms with Gasteiger partial charge in [0.05, 0.1) is 35.6 Å². The number of nitrogens with zero attached hydrogens (tertiary/aromatic N) is 1. The molecule has 5 rings (SSSR count). The van der Waals surface area contributed by atoms with Gasteiger partial charge in [-0.15, -0.1) is 11.3 Å². The van der Waals surface area contributed by atoms with E-state index in [1.54, 1.807) is 54.6 Å². The number of hydrogen-bond donors (Lipinski definition) is 2. The van der Waals surface area contributed by atoms with E-state index in [0.29, 0.717) is 33.6 Å². The molecule has 41 heavy (non-hydrogen) atoms. The van der Waals surface area contributed by atoms with E-state index in [0.717, 1.165) is 20.8 Å². The Kier molecular flexibility index (Phi) is 7.84. The van der Waals surface area contributed by atoms with Crippen molar-refractivity contribution in [3.05, 3.63) is 113 Å². The molecule has 0 aliphatic carbocycles. The van der Waals surface area contributed by atoms with E-state index >= 15 is 0 Å². The number of nitrogens with one attached hydrogen (secondary N) is 2. The Hall–Kier alpha value is -5.35. The second-order valence-electron chi connectivity index (χ2n) is 8.82. The van der Waals surface area contributed by atoms with Gasteiger partial charge in [-0.25, -0.2) is 14.6 Å². The molecule has 2 N–H and O–H groups in total. The Balaban J connectivity index is 1.25. The lowest BCUT2D eigenvalue weighted by Gasteiger charge is -2.06. The Morgan fingerprint density at radius 2 is 1.07 bits per heavy atom. The third-order valence-corrected chi connectivity index (χ3v) is 7.24. The van der Waals surface area contributed by atoms with E-state index in [2.05, 4.69) is 20.1 Å². The topological polar surface area (TPSA) is 124 Å². The van der Waals surface area contributed by atoms with Crippen LogP contribution in [0.4, 0.5) is 11.4 Å². The van der Waals surface area contributed by atoms with Crippen molar-refractivity contribution in [2.45, 2.75) is 0 Å². The molecule has 0 saturated heterocycles. The van der Waals surface area contributed by atoms with E-state index in [1.165, 1.54) is 37.7 Å². The Morgan fingerprint density at radius 1 is 0.610 bits per heavy atom. The third-order valence-electron chi connectivity index (χ3n) is 6.17. The number of fused-ring (bicyclic) bond motifs is 1. The van der Waals surface area contributed by atoms with Crippen LogP contribution in [0.1, 0.15) is 41.4 Å². The number of amides is 2. The van der Waals surface area contributed by atoms with Crippen LogP contribution >= 0.6 is 11.3 Å². The van der Waals surface area contributed by atoms with E-state index in [-0.39, 0.29) is 11.8 Å². The maximum atomic E-state index is 12.7. The van der Waals surface area contributed by atoms with Gasteiger partial charge >= 0.3 is 11.9 Å². The highest BCUT2D eigenvalue weighted by Crippen LogP contribution is 2.32. The minimum Gasteiger partial charge on any atom is -0.465 e.